The van der Waals surface area contributed by atoms with Gasteiger partial charge in [0.2, 0.25) is 0 Å². The van der Waals surface area contributed by atoms with Crippen molar-refractivity contribution >= 4 is 0 Å². The summed E-state index contributed by atoms with van der Waals surface area (Å²) in [6.45, 7) is 3.38. The molecule has 0 saturated carbocycles. The van der Waals surface area contributed by atoms with Gasteiger partial charge in [0.1, 0.15) is 18.0 Å². The van der Waals surface area contributed by atoms with Gasteiger partial charge in [-0.2, -0.15) is 0 Å². The molecule has 1 aliphatic heterocycles. The number of likely N-dealkylation sites (tertiary alicyclic amines) is 1. The molecule has 0 radical (unpaired) electrons. The summed E-state index contributed by atoms with van der Waals surface area (Å²) >= 11 is 0. The number of rotatable bonds is 16. The Morgan fingerprint density at radius 3 is 1.52 bits per heavy atom. The molecule has 5 nitrogen and oxygen atoms in total. The molecule has 5 aromatic carbocycles. The largest absolute Gasteiger partial charge is 0.375 e. The summed E-state index contributed by atoms with van der Waals surface area (Å²) in [6.07, 6.45) is -0.526. The number of hydrogen-bond donors (Lipinski definition) is 0. The van der Waals surface area contributed by atoms with Crippen molar-refractivity contribution in [3.63, 3.8) is 0 Å². The number of hydrogen-bond acceptors (Lipinski definition) is 5. The second-order valence-electron chi connectivity index (χ2n) is 12.3. The third-order valence-electron chi connectivity index (χ3n) is 8.86. The molecule has 48 heavy (non-hydrogen) atoms. The maximum Gasteiger partial charge on any atom is 0.126 e. The molecule has 248 valence electrons. The lowest BCUT2D eigenvalue weighted by molar-refractivity contribution is -0.210. The molecule has 0 aliphatic carbocycles. The first-order chi connectivity index (χ1) is 23.7. The minimum absolute atomic E-state index is 0.165. The van der Waals surface area contributed by atoms with Gasteiger partial charge in [-0.15, -0.1) is 0 Å². The lowest BCUT2D eigenvalue weighted by atomic mass is 9.92. The van der Waals surface area contributed by atoms with E-state index in [-0.39, 0.29) is 30.2 Å². The van der Waals surface area contributed by atoms with Crippen molar-refractivity contribution < 1.29 is 23.3 Å². The zero-order valence-electron chi connectivity index (χ0n) is 27.3. The second-order valence-corrected chi connectivity index (χ2v) is 12.3. The van der Waals surface area contributed by atoms with Gasteiger partial charge in [0.15, 0.2) is 0 Å². The van der Waals surface area contributed by atoms with E-state index in [9.17, 15) is 4.39 Å². The second kappa shape index (κ2) is 17.8. The van der Waals surface area contributed by atoms with Crippen LogP contribution in [0, 0.1) is 5.82 Å². The quantitative estimate of drug-likeness (QED) is 0.109. The van der Waals surface area contributed by atoms with Gasteiger partial charge < -0.3 is 18.9 Å². The van der Waals surface area contributed by atoms with Gasteiger partial charge in [0.05, 0.1) is 45.2 Å². The molecule has 0 N–H and O–H groups in total. The van der Waals surface area contributed by atoms with Crippen LogP contribution in [0.2, 0.25) is 0 Å². The number of nitrogens with zero attached hydrogens (tertiary/aromatic N) is 1. The topological polar surface area (TPSA) is 40.2 Å². The highest BCUT2D eigenvalue weighted by atomic mass is 19.1. The van der Waals surface area contributed by atoms with Gasteiger partial charge in [-0.3, -0.25) is 4.90 Å². The molecule has 6 heteroatoms. The molecule has 1 aliphatic rings. The minimum atomic E-state index is -0.389. The van der Waals surface area contributed by atoms with Crippen LogP contribution in [-0.4, -0.2) is 49.0 Å². The average molecular weight is 646 g/mol. The Hall–Kier alpha value is -4.17. The van der Waals surface area contributed by atoms with Crippen LogP contribution in [0.5, 0.6) is 0 Å². The molecule has 5 aromatic rings. The molecule has 6 rings (SSSR count). The Morgan fingerprint density at radius 1 is 0.521 bits per heavy atom. The van der Waals surface area contributed by atoms with E-state index in [1.165, 1.54) is 6.07 Å². The van der Waals surface area contributed by atoms with Gasteiger partial charge in [0, 0.05) is 13.1 Å². The highest BCUT2D eigenvalue weighted by molar-refractivity contribution is 5.19. The van der Waals surface area contributed by atoms with Gasteiger partial charge in [-0.05, 0) is 40.3 Å². The molecule has 0 unspecified atom stereocenters. The van der Waals surface area contributed by atoms with Gasteiger partial charge in [-0.1, -0.05) is 140 Å². The van der Waals surface area contributed by atoms with Crippen LogP contribution in [-0.2, 0) is 51.8 Å². The number of halogens is 1. The Kier molecular flexibility index (Phi) is 12.5. The Morgan fingerprint density at radius 2 is 0.979 bits per heavy atom. The van der Waals surface area contributed by atoms with E-state index in [4.69, 9.17) is 18.9 Å². The van der Waals surface area contributed by atoms with Crippen molar-refractivity contribution in [2.45, 2.75) is 57.2 Å². The van der Waals surface area contributed by atoms with Crippen LogP contribution in [0.1, 0.15) is 27.8 Å². The fraction of sp³-hybridized carbons (Fsp3) is 0.286. The first-order valence-electron chi connectivity index (χ1n) is 16.8. The highest BCUT2D eigenvalue weighted by Crippen LogP contribution is 2.30. The molecule has 0 bridgehead atoms. The number of piperidine rings is 1. The standard InChI is InChI=1S/C42H44FNO4/c43-38-24-14-13-23-37(38)25-26-44-27-40(46-29-34-17-7-2-8-18-34)42(48-31-36-21-11-4-12-22-36)41(47-30-35-19-9-3-10-20-35)39(44)32-45-28-33-15-5-1-6-16-33/h1-24,39-42H,25-32H2/t39-,40+,41-,42-/m1/s1. The van der Waals surface area contributed by atoms with Crippen molar-refractivity contribution in [3.05, 3.63) is 179 Å². The van der Waals surface area contributed by atoms with Crippen LogP contribution in [0.25, 0.3) is 0 Å². The van der Waals surface area contributed by atoms with E-state index < -0.39 is 0 Å². The van der Waals surface area contributed by atoms with Crippen LogP contribution in [0.15, 0.2) is 146 Å². The van der Waals surface area contributed by atoms with Crippen LogP contribution >= 0.6 is 0 Å². The Labute approximate surface area is 283 Å². The van der Waals surface area contributed by atoms with E-state index in [1.54, 1.807) is 6.07 Å². The van der Waals surface area contributed by atoms with Gasteiger partial charge in [-0.25, -0.2) is 4.39 Å². The summed E-state index contributed by atoms with van der Waals surface area (Å²) in [5.41, 5.74) is 5.04. The number of benzene rings is 5. The molecule has 1 saturated heterocycles. The monoisotopic (exact) mass is 645 g/mol. The molecule has 0 aromatic heterocycles. The Bertz CT molecular complexity index is 1620. The number of ether oxygens (including phenoxy) is 4. The minimum Gasteiger partial charge on any atom is -0.375 e. The van der Waals surface area contributed by atoms with E-state index >= 15 is 0 Å². The zero-order valence-corrected chi connectivity index (χ0v) is 27.3. The first kappa shape index (κ1) is 33.7. The predicted octanol–water partition coefficient (Wildman–Crippen LogP) is 8.03. The van der Waals surface area contributed by atoms with Crippen molar-refractivity contribution in [2.75, 3.05) is 19.7 Å². The smallest absolute Gasteiger partial charge is 0.126 e. The summed E-state index contributed by atoms with van der Waals surface area (Å²) in [5.74, 6) is -0.191. The third-order valence-corrected chi connectivity index (χ3v) is 8.86. The molecule has 0 spiro atoms. The lowest BCUT2D eigenvalue weighted by Crippen LogP contribution is -2.64. The first-order valence-corrected chi connectivity index (χ1v) is 16.8. The lowest BCUT2D eigenvalue weighted by Gasteiger charge is -2.48. The van der Waals surface area contributed by atoms with Crippen molar-refractivity contribution in [2.24, 2.45) is 0 Å². The van der Waals surface area contributed by atoms with E-state index in [0.29, 0.717) is 58.1 Å². The molecule has 0 amide bonds. The van der Waals surface area contributed by atoms with Gasteiger partial charge in [0.25, 0.3) is 0 Å². The maximum absolute atomic E-state index is 14.8. The normalized spacial score (nSPS) is 19.7. The fourth-order valence-corrected chi connectivity index (χ4v) is 6.27. The fourth-order valence-electron chi connectivity index (χ4n) is 6.27. The summed E-state index contributed by atoms with van der Waals surface area (Å²) in [5, 5.41) is 0. The molecular weight excluding hydrogens is 601 g/mol. The third kappa shape index (κ3) is 9.69. The van der Waals surface area contributed by atoms with Crippen molar-refractivity contribution in [3.8, 4) is 0 Å². The highest BCUT2D eigenvalue weighted by Gasteiger charge is 2.46. The molecule has 1 fully saturated rings. The average Bonchev–Trinajstić information content (AvgIpc) is 3.14. The van der Waals surface area contributed by atoms with Crippen LogP contribution < -0.4 is 0 Å². The van der Waals surface area contributed by atoms with Gasteiger partial charge >= 0.3 is 0 Å². The zero-order chi connectivity index (χ0) is 32.8. The van der Waals surface area contributed by atoms with E-state index in [0.717, 1.165) is 22.3 Å². The summed E-state index contributed by atoms with van der Waals surface area (Å²) in [7, 11) is 0. The SMILES string of the molecule is Fc1ccccc1CCN1C[C@H](OCc2ccccc2)[C@@H](OCc2ccccc2)[C@H](OCc2ccccc2)[C@H]1COCc1ccccc1. The summed E-state index contributed by atoms with van der Waals surface area (Å²) < 4.78 is 41.6. The molecule has 4 atom stereocenters. The predicted molar refractivity (Wildman–Crippen MR) is 187 cm³/mol. The molecule has 1 heterocycles. The maximum atomic E-state index is 14.8. The van der Waals surface area contributed by atoms with Crippen LogP contribution in [0.3, 0.4) is 0 Å². The summed E-state index contributed by atoms with van der Waals surface area (Å²) in [4.78, 5) is 2.35. The molecular formula is C42H44FNO4. The van der Waals surface area contributed by atoms with E-state index in [2.05, 4.69) is 53.4 Å². The van der Waals surface area contributed by atoms with E-state index in [1.807, 2.05) is 84.9 Å². The van der Waals surface area contributed by atoms with Crippen molar-refractivity contribution in [1.29, 1.82) is 0 Å². The van der Waals surface area contributed by atoms with Crippen molar-refractivity contribution in [1.82, 2.24) is 4.90 Å². The summed E-state index contributed by atoms with van der Waals surface area (Å²) in [6, 6.07) is 47.6. The Balaban J connectivity index is 1.30. The van der Waals surface area contributed by atoms with Crippen LogP contribution in [0.4, 0.5) is 4.39 Å².